The predicted octanol–water partition coefficient (Wildman–Crippen LogP) is 3.79. The summed E-state index contributed by atoms with van der Waals surface area (Å²) in [7, 11) is 0. The Hall–Kier alpha value is -1.69. The summed E-state index contributed by atoms with van der Waals surface area (Å²) >= 11 is 1.75. The van der Waals surface area contributed by atoms with Crippen molar-refractivity contribution in [1.82, 2.24) is 15.3 Å². The molecule has 2 heterocycles. The highest BCUT2D eigenvalue weighted by Crippen LogP contribution is 2.38. The Morgan fingerprint density at radius 1 is 1.12 bits per heavy atom. The molecule has 1 saturated carbocycles. The van der Waals surface area contributed by atoms with E-state index in [0.29, 0.717) is 11.9 Å². The monoisotopic (exact) mass is 359 g/mol. The van der Waals surface area contributed by atoms with E-state index in [4.69, 9.17) is 4.74 Å². The number of amides is 1. The molecule has 0 unspecified atom stereocenters. The van der Waals surface area contributed by atoms with Crippen molar-refractivity contribution in [2.24, 2.45) is 0 Å². The fourth-order valence-electron chi connectivity index (χ4n) is 4.00. The number of rotatable bonds is 4. The molecular weight excluding hydrogens is 334 g/mol. The topological polar surface area (TPSA) is 64.1 Å². The molecule has 25 heavy (non-hydrogen) atoms. The van der Waals surface area contributed by atoms with Gasteiger partial charge >= 0.3 is 0 Å². The highest BCUT2D eigenvalue weighted by Gasteiger charge is 2.21. The fourth-order valence-corrected chi connectivity index (χ4v) is 5.22. The SMILES string of the molecule is O=C(COc1ncnc2sc3c(c12)CCCC3)NC1CCCCCC1. The maximum atomic E-state index is 12.3. The number of thiophene rings is 1. The molecule has 0 aromatic carbocycles. The quantitative estimate of drug-likeness (QED) is 0.844. The van der Waals surface area contributed by atoms with Crippen molar-refractivity contribution >= 4 is 27.5 Å². The molecule has 2 aromatic rings. The Morgan fingerprint density at radius 2 is 1.92 bits per heavy atom. The molecule has 1 amide bonds. The van der Waals surface area contributed by atoms with Crippen molar-refractivity contribution in [1.29, 1.82) is 0 Å². The van der Waals surface area contributed by atoms with E-state index >= 15 is 0 Å². The van der Waals surface area contributed by atoms with Crippen LogP contribution in [0.2, 0.25) is 0 Å². The van der Waals surface area contributed by atoms with E-state index in [-0.39, 0.29) is 12.5 Å². The minimum atomic E-state index is -0.0391. The van der Waals surface area contributed by atoms with E-state index < -0.39 is 0 Å². The lowest BCUT2D eigenvalue weighted by Crippen LogP contribution is -2.37. The minimum absolute atomic E-state index is 0.0350. The molecule has 2 aromatic heterocycles. The average Bonchev–Trinajstić information content (AvgIpc) is 2.82. The van der Waals surface area contributed by atoms with Crippen LogP contribution in [0.1, 0.15) is 61.8 Å². The van der Waals surface area contributed by atoms with Crippen molar-refractivity contribution in [3.8, 4) is 5.88 Å². The van der Waals surface area contributed by atoms with Crippen molar-refractivity contribution < 1.29 is 9.53 Å². The molecule has 5 nitrogen and oxygen atoms in total. The average molecular weight is 359 g/mol. The summed E-state index contributed by atoms with van der Waals surface area (Å²) in [6.07, 6.45) is 13.3. The Bertz CT molecular complexity index is 750. The van der Waals surface area contributed by atoms with E-state index in [1.54, 1.807) is 17.7 Å². The van der Waals surface area contributed by atoms with Crippen LogP contribution in [0, 0.1) is 0 Å². The number of aryl methyl sites for hydroxylation is 2. The molecule has 2 aliphatic rings. The van der Waals surface area contributed by atoms with Gasteiger partial charge in [-0.05, 0) is 44.1 Å². The van der Waals surface area contributed by atoms with Gasteiger partial charge in [-0.15, -0.1) is 11.3 Å². The molecule has 1 N–H and O–H groups in total. The zero-order valence-electron chi connectivity index (χ0n) is 14.6. The van der Waals surface area contributed by atoms with E-state index in [9.17, 15) is 4.79 Å². The van der Waals surface area contributed by atoms with Gasteiger partial charge in [-0.2, -0.15) is 0 Å². The van der Waals surface area contributed by atoms with Crippen LogP contribution < -0.4 is 10.1 Å². The molecule has 4 rings (SSSR count). The predicted molar refractivity (Wildman–Crippen MR) is 99.2 cm³/mol. The maximum absolute atomic E-state index is 12.3. The second-order valence-corrected chi connectivity index (χ2v) is 8.20. The highest BCUT2D eigenvalue weighted by atomic mass is 32.1. The van der Waals surface area contributed by atoms with Crippen LogP contribution in [0.5, 0.6) is 5.88 Å². The summed E-state index contributed by atoms with van der Waals surface area (Å²) in [4.78, 5) is 23.4. The smallest absolute Gasteiger partial charge is 0.258 e. The van der Waals surface area contributed by atoms with Gasteiger partial charge in [0.15, 0.2) is 6.61 Å². The molecule has 1 fully saturated rings. The van der Waals surface area contributed by atoms with Gasteiger partial charge < -0.3 is 10.1 Å². The molecule has 0 bridgehead atoms. The van der Waals surface area contributed by atoms with Gasteiger partial charge in [0.2, 0.25) is 5.88 Å². The Labute approximate surface area is 152 Å². The van der Waals surface area contributed by atoms with E-state index in [1.807, 2.05) is 0 Å². The third-order valence-electron chi connectivity index (χ3n) is 5.28. The standard InChI is InChI=1S/C19H25N3O2S/c23-16(22-13-7-3-1-2-4-8-13)11-24-18-17-14-9-5-6-10-15(14)25-19(17)21-12-20-18/h12-13H,1-11H2,(H,22,23). The van der Waals surface area contributed by atoms with Gasteiger partial charge in [0.25, 0.3) is 5.91 Å². The van der Waals surface area contributed by atoms with Crippen molar-refractivity contribution in [3.05, 3.63) is 16.8 Å². The molecule has 2 aliphatic carbocycles. The van der Waals surface area contributed by atoms with Crippen LogP contribution in [0.4, 0.5) is 0 Å². The Kier molecular flexibility index (Phi) is 5.15. The number of ether oxygens (including phenoxy) is 1. The first kappa shape index (κ1) is 16.8. The normalized spacial score (nSPS) is 18.6. The van der Waals surface area contributed by atoms with Crippen LogP contribution in [0.25, 0.3) is 10.2 Å². The van der Waals surface area contributed by atoms with Crippen LogP contribution in [-0.2, 0) is 17.6 Å². The van der Waals surface area contributed by atoms with Gasteiger partial charge in [-0.25, -0.2) is 9.97 Å². The minimum Gasteiger partial charge on any atom is -0.467 e. The van der Waals surface area contributed by atoms with Gasteiger partial charge in [0.1, 0.15) is 11.2 Å². The Morgan fingerprint density at radius 3 is 2.76 bits per heavy atom. The lowest BCUT2D eigenvalue weighted by molar-refractivity contribution is -0.123. The summed E-state index contributed by atoms with van der Waals surface area (Å²) in [6, 6.07) is 0.304. The first-order valence-electron chi connectivity index (χ1n) is 9.48. The number of nitrogens with one attached hydrogen (secondary N) is 1. The summed E-state index contributed by atoms with van der Waals surface area (Å²) in [5, 5.41) is 4.16. The molecule has 134 valence electrons. The van der Waals surface area contributed by atoms with E-state index in [2.05, 4.69) is 15.3 Å². The number of carbonyl (C=O) groups is 1. The first-order valence-corrected chi connectivity index (χ1v) is 10.3. The van der Waals surface area contributed by atoms with Crippen molar-refractivity contribution in [2.75, 3.05) is 6.61 Å². The summed E-state index contributed by atoms with van der Waals surface area (Å²) < 4.78 is 5.82. The molecule has 6 heteroatoms. The molecule has 0 aliphatic heterocycles. The van der Waals surface area contributed by atoms with Crippen LogP contribution in [-0.4, -0.2) is 28.5 Å². The number of hydrogen-bond acceptors (Lipinski definition) is 5. The lowest BCUT2D eigenvalue weighted by Gasteiger charge is -2.16. The number of hydrogen-bond donors (Lipinski definition) is 1. The van der Waals surface area contributed by atoms with Gasteiger partial charge in [-0.1, -0.05) is 25.7 Å². The molecule has 0 atom stereocenters. The third kappa shape index (κ3) is 3.78. The number of nitrogens with zero attached hydrogens (tertiary/aromatic N) is 2. The number of aromatic nitrogens is 2. The summed E-state index contributed by atoms with van der Waals surface area (Å²) in [6.45, 7) is 0.0350. The zero-order valence-corrected chi connectivity index (χ0v) is 15.4. The first-order chi connectivity index (χ1) is 12.3. The number of fused-ring (bicyclic) bond motifs is 3. The molecular formula is C19H25N3O2S. The van der Waals surface area contributed by atoms with Crippen molar-refractivity contribution in [3.63, 3.8) is 0 Å². The summed E-state index contributed by atoms with van der Waals surface area (Å²) in [5.41, 5.74) is 1.34. The van der Waals surface area contributed by atoms with Crippen LogP contribution >= 0.6 is 11.3 Å². The number of carbonyl (C=O) groups excluding carboxylic acids is 1. The second-order valence-electron chi connectivity index (χ2n) is 7.11. The molecule has 0 spiro atoms. The molecule has 0 radical (unpaired) electrons. The highest BCUT2D eigenvalue weighted by molar-refractivity contribution is 7.18. The zero-order chi connectivity index (χ0) is 17.1. The largest absolute Gasteiger partial charge is 0.467 e. The maximum Gasteiger partial charge on any atom is 0.258 e. The van der Waals surface area contributed by atoms with Gasteiger partial charge in [-0.3, -0.25) is 4.79 Å². The Balaban J connectivity index is 1.44. The van der Waals surface area contributed by atoms with E-state index in [1.165, 1.54) is 49.0 Å². The lowest BCUT2D eigenvalue weighted by atomic mass is 9.97. The fraction of sp³-hybridized carbons (Fsp3) is 0.632. The van der Waals surface area contributed by atoms with Gasteiger partial charge in [0, 0.05) is 10.9 Å². The third-order valence-corrected chi connectivity index (χ3v) is 6.48. The molecule has 0 saturated heterocycles. The van der Waals surface area contributed by atoms with Crippen molar-refractivity contribution in [2.45, 2.75) is 70.3 Å². The summed E-state index contributed by atoms with van der Waals surface area (Å²) in [5.74, 6) is 0.531. The van der Waals surface area contributed by atoms with E-state index in [0.717, 1.165) is 35.9 Å². The van der Waals surface area contributed by atoms with Crippen LogP contribution in [0.3, 0.4) is 0 Å². The van der Waals surface area contributed by atoms with Crippen LogP contribution in [0.15, 0.2) is 6.33 Å². The second kappa shape index (κ2) is 7.68. The van der Waals surface area contributed by atoms with Gasteiger partial charge in [0.05, 0.1) is 5.39 Å².